The Morgan fingerprint density at radius 1 is 1.50 bits per heavy atom. The first-order valence-corrected chi connectivity index (χ1v) is 6.30. The topological polar surface area (TPSA) is 53.1 Å². The van der Waals surface area contributed by atoms with Gasteiger partial charge in [0.1, 0.15) is 11.9 Å². The third-order valence-electron chi connectivity index (χ3n) is 3.43. The molecule has 0 saturated carbocycles. The van der Waals surface area contributed by atoms with Crippen molar-refractivity contribution in [3.8, 4) is 5.75 Å². The summed E-state index contributed by atoms with van der Waals surface area (Å²) in [5.74, 6) is 0.959. The Morgan fingerprint density at radius 2 is 2.33 bits per heavy atom. The Kier molecular flexibility index (Phi) is 2.80. The fourth-order valence-corrected chi connectivity index (χ4v) is 2.35. The maximum atomic E-state index is 6.27. The van der Waals surface area contributed by atoms with E-state index >= 15 is 0 Å². The molecule has 2 atom stereocenters. The van der Waals surface area contributed by atoms with Crippen LogP contribution in [-0.2, 0) is 13.0 Å². The van der Waals surface area contributed by atoms with Crippen molar-refractivity contribution in [3.05, 3.63) is 47.8 Å². The average molecular weight is 243 g/mol. The van der Waals surface area contributed by atoms with Crippen LogP contribution >= 0.6 is 0 Å². The van der Waals surface area contributed by atoms with Gasteiger partial charge < -0.3 is 10.5 Å². The van der Waals surface area contributed by atoms with Crippen LogP contribution in [0.15, 0.2) is 36.7 Å². The number of ether oxygens (including phenoxy) is 1. The van der Waals surface area contributed by atoms with Gasteiger partial charge in [-0.05, 0) is 18.6 Å². The van der Waals surface area contributed by atoms with Crippen molar-refractivity contribution >= 4 is 0 Å². The quantitative estimate of drug-likeness (QED) is 0.895. The summed E-state index contributed by atoms with van der Waals surface area (Å²) in [6.45, 7) is 2.92. The van der Waals surface area contributed by atoms with Crippen LogP contribution in [0.4, 0.5) is 0 Å². The molecule has 0 bridgehead atoms. The third-order valence-corrected chi connectivity index (χ3v) is 3.43. The highest BCUT2D eigenvalue weighted by Crippen LogP contribution is 2.32. The third kappa shape index (κ3) is 1.88. The number of nitrogens with zero attached hydrogens (tertiary/aromatic N) is 2. The van der Waals surface area contributed by atoms with E-state index in [4.69, 9.17) is 10.5 Å². The van der Waals surface area contributed by atoms with E-state index in [2.05, 4.69) is 18.1 Å². The van der Waals surface area contributed by atoms with Crippen molar-refractivity contribution in [1.82, 2.24) is 9.78 Å². The summed E-state index contributed by atoms with van der Waals surface area (Å²) >= 11 is 0. The molecule has 2 heterocycles. The molecule has 1 aliphatic heterocycles. The lowest BCUT2D eigenvalue weighted by atomic mass is 10.0. The van der Waals surface area contributed by atoms with E-state index in [0.717, 1.165) is 24.3 Å². The fraction of sp³-hybridized carbons (Fsp3) is 0.357. The summed E-state index contributed by atoms with van der Waals surface area (Å²) in [5.41, 5.74) is 8.54. The minimum atomic E-state index is -0.127. The number of hydrogen-bond acceptors (Lipinski definition) is 3. The van der Waals surface area contributed by atoms with E-state index in [1.165, 1.54) is 5.56 Å². The number of fused-ring (bicyclic) bond motifs is 1. The Hall–Kier alpha value is -1.81. The second-order valence-electron chi connectivity index (χ2n) is 4.62. The molecule has 4 heteroatoms. The number of rotatable bonds is 3. The van der Waals surface area contributed by atoms with E-state index in [9.17, 15) is 0 Å². The van der Waals surface area contributed by atoms with Gasteiger partial charge >= 0.3 is 0 Å². The van der Waals surface area contributed by atoms with Crippen LogP contribution in [-0.4, -0.2) is 15.9 Å². The van der Waals surface area contributed by atoms with Crippen LogP contribution in [0.2, 0.25) is 0 Å². The number of hydrogen-bond donors (Lipinski definition) is 1. The minimum Gasteiger partial charge on any atom is -0.488 e. The van der Waals surface area contributed by atoms with Crippen LogP contribution < -0.4 is 10.5 Å². The van der Waals surface area contributed by atoms with Gasteiger partial charge in [-0.25, -0.2) is 0 Å². The second kappa shape index (κ2) is 4.46. The van der Waals surface area contributed by atoms with E-state index in [1.807, 2.05) is 35.3 Å². The zero-order chi connectivity index (χ0) is 12.5. The normalized spacial score (nSPS) is 19.3. The highest BCUT2D eigenvalue weighted by Gasteiger charge is 2.29. The summed E-state index contributed by atoms with van der Waals surface area (Å²) in [6.07, 6.45) is 4.71. The first-order valence-electron chi connectivity index (χ1n) is 6.30. The Labute approximate surface area is 106 Å². The van der Waals surface area contributed by atoms with Crippen molar-refractivity contribution in [2.24, 2.45) is 5.73 Å². The monoisotopic (exact) mass is 243 g/mol. The molecule has 4 nitrogen and oxygen atoms in total. The summed E-state index contributed by atoms with van der Waals surface area (Å²) in [6, 6.07) is 7.99. The van der Waals surface area contributed by atoms with Crippen LogP contribution in [0.1, 0.15) is 24.1 Å². The predicted octanol–water partition coefficient (Wildman–Crippen LogP) is 1.91. The van der Waals surface area contributed by atoms with Gasteiger partial charge in [0.2, 0.25) is 0 Å². The summed E-state index contributed by atoms with van der Waals surface area (Å²) in [7, 11) is 0. The lowest BCUT2D eigenvalue weighted by molar-refractivity contribution is 0.199. The molecule has 3 rings (SSSR count). The first-order chi connectivity index (χ1) is 8.78. The second-order valence-corrected chi connectivity index (χ2v) is 4.62. The maximum absolute atomic E-state index is 6.27. The summed E-state index contributed by atoms with van der Waals surface area (Å²) in [5, 5.41) is 4.26. The summed E-state index contributed by atoms with van der Waals surface area (Å²) < 4.78 is 7.79. The van der Waals surface area contributed by atoms with E-state index < -0.39 is 0 Å². The maximum Gasteiger partial charge on any atom is 0.123 e. The van der Waals surface area contributed by atoms with Gasteiger partial charge in [0.25, 0.3) is 0 Å². The lowest BCUT2D eigenvalue weighted by Gasteiger charge is -2.17. The van der Waals surface area contributed by atoms with Crippen LogP contribution in [0.3, 0.4) is 0 Å². The van der Waals surface area contributed by atoms with Gasteiger partial charge in [-0.1, -0.05) is 18.2 Å². The molecule has 2 unspecified atom stereocenters. The molecule has 0 saturated heterocycles. The molecule has 1 aromatic heterocycles. The van der Waals surface area contributed by atoms with Gasteiger partial charge in [-0.2, -0.15) is 5.10 Å². The molecular weight excluding hydrogens is 226 g/mol. The van der Waals surface area contributed by atoms with Gasteiger partial charge in [0.05, 0.1) is 12.2 Å². The van der Waals surface area contributed by atoms with Crippen molar-refractivity contribution in [1.29, 1.82) is 0 Å². The van der Waals surface area contributed by atoms with Gasteiger partial charge in [-0.15, -0.1) is 0 Å². The first kappa shape index (κ1) is 11.3. The smallest absolute Gasteiger partial charge is 0.123 e. The van der Waals surface area contributed by atoms with Gasteiger partial charge in [-0.3, -0.25) is 4.68 Å². The Morgan fingerprint density at radius 3 is 3.06 bits per heavy atom. The molecule has 2 aromatic rings. The molecule has 0 aliphatic carbocycles. The largest absolute Gasteiger partial charge is 0.488 e. The van der Waals surface area contributed by atoms with Crippen LogP contribution in [0.5, 0.6) is 5.75 Å². The van der Waals surface area contributed by atoms with Crippen molar-refractivity contribution < 1.29 is 4.74 Å². The highest BCUT2D eigenvalue weighted by atomic mass is 16.5. The van der Waals surface area contributed by atoms with E-state index in [0.29, 0.717) is 0 Å². The predicted molar refractivity (Wildman–Crippen MR) is 69.4 cm³/mol. The molecule has 0 radical (unpaired) electrons. The van der Waals surface area contributed by atoms with Crippen LogP contribution in [0.25, 0.3) is 0 Å². The van der Waals surface area contributed by atoms with Crippen molar-refractivity contribution in [2.75, 3.05) is 0 Å². The number of aryl methyl sites for hydroxylation is 1. The Bertz CT molecular complexity index is 524. The van der Waals surface area contributed by atoms with Crippen molar-refractivity contribution in [3.63, 3.8) is 0 Å². The van der Waals surface area contributed by atoms with E-state index in [-0.39, 0.29) is 12.1 Å². The number of nitrogens with two attached hydrogens (primary N) is 1. The molecule has 0 fully saturated rings. The molecule has 1 aliphatic rings. The molecule has 94 valence electrons. The highest BCUT2D eigenvalue weighted by molar-refractivity contribution is 5.38. The standard InChI is InChI=1S/C14H17N3O/c1-2-17-9-11(8-16-17)14(15)13-7-10-5-3-4-6-12(10)18-13/h3-6,8-9,13-14H,2,7,15H2,1H3. The number of para-hydroxylation sites is 1. The minimum absolute atomic E-state index is 0.0110. The molecule has 1 aromatic carbocycles. The van der Waals surface area contributed by atoms with Gasteiger partial charge in [0, 0.05) is 24.7 Å². The lowest BCUT2D eigenvalue weighted by Crippen LogP contribution is -2.29. The van der Waals surface area contributed by atoms with Crippen LogP contribution in [0, 0.1) is 0 Å². The fourth-order valence-electron chi connectivity index (χ4n) is 2.35. The zero-order valence-corrected chi connectivity index (χ0v) is 10.4. The van der Waals surface area contributed by atoms with Crippen molar-refractivity contribution in [2.45, 2.75) is 32.0 Å². The molecule has 0 spiro atoms. The SMILES string of the molecule is CCn1cc(C(N)C2Cc3ccccc3O2)cn1. The number of aromatic nitrogens is 2. The molecule has 0 amide bonds. The molecular formula is C14H17N3O. The summed E-state index contributed by atoms with van der Waals surface area (Å²) in [4.78, 5) is 0. The average Bonchev–Trinajstić information content (AvgIpc) is 3.04. The molecule has 18 heavy (non-hydrogen) atoms. The Balaban J connectivity index is 1.77. The number of benzene rings is 1. The molecule has 2 N–H and O–H groups in total. The zero-order valence-electron chi connectivity index (χ0n) is 10.4. The van der Waals surface area contributed by atoms with Gasteiger partial charge in [0.15, 0.2) is 0 Å². The van der Waals surface area contributed by atoms with E-state index in [1.54, 1.807) is 0 Å².